The van der Waals surface area contributed by atoms with Crippen LogP contribution in [0.3, 0.4) is 0 Å². The van der Waals surface area contributed by atoms with Crippen LogP contribution in [0.1, 0.15) is 16.1 Å². The van der Waals surface area contributed by atoms with Crippen molar-refractivity contribution in [2.24, 2.45) is 5.10 Å². The Labute approximate surface area is 141 Å². The van der Waals surface area contributed by atoms with Crippen molar-refractivity contribution in [3.63, 3.8) is 0 Å². The molecule has 8 heteroatoms. The molecule has 0 bridgehead atoms. The van der Waals surface area contributed by atoms with E-state index < -0.39 is 5.91 Å². The first-order chi connectivity index (χ1) is 11.1. The molecule has 0 atom stereocenters. The molecule has 2 aromatic rings. The Balaban J connectivity index is 2.14. The summed E-state index contributed by atoms with van der Waals surface area (Å²) in [5.74, 6) is 1.17. The molecule has 0 aliphatic rings. The second-order valence-corrected chi connectivity index (χ2v) is 5.04. The molecule has 0 aliphatic heterocycles. The fourth-order valence-electron chi connectivity index (χ4n) is 1.83. The maximum absolute atomic E-state index is 11.8. The molecule has 0 saturated carbocycles. The van der Waals surface area contributed by atoms with E-state index >= 15 is 0 Å². The summed E-state index contributed by atoms with van der Waals surface area (Å²) >= 11 is 3.13. The molecule has 1 heterocycles. The minimum absolute atomic E-state index is 0.152. The lowest BCUT2D eigenvalue weighted by Crippen LogP contribution is -2.16. The van der Waals surface area contributed by atoms with Gasteiger partial charge in [0.15, 0.2) is 21.9 Å². The smallest absolute Gasteiger partial charge is 0.307 e. The highest BCUT2D eigenvalue weighted by atomic mass is 79.9. The van der Waals surface area contributed by atoms with Gasteiger partial charge in [-0.15, -0.1) is 0 Å². The van der Waals surface area contributed by atoms with Crippen LogP contribution < -0.4 is 19.6 Å². The third kappa shape index (κ3) is 4.04. The second-order valence-electron chi connectivity index (χ2n) is 4.26. The average molecular weight is 383 g/mol. The van der Waals surface area contributed by atoms with Gasteiger partial charge < -0.3 is 18.6 Å². The number of halogens is 1. The van der Waals surface area contributed by atoms with E-state index in [0.29, 0.717) is 27.5 Å². The number of carbonyl (C=O) groups excluding carboxylic acids is 1. The zero-order valence-electron chi connectivity index (χ0n) is 12.8. The Bertz CT molecular complexity index is 701. The number of benzene rings is 1. The number of carbonyl (C=O) groups is 1. The minimum atomic E-state index is -0.459. The highest BCUT2D eigenvalue weighted by molar-refractivity contribution is 9.10. The lowest BCUT2D eigenvalue weighted by Gasteiger charge is -2.12. The van der Waals surface area contributed by atoms with Crippen molar-refractivity contribution in [3.8, 4) is 17.2 Å². The number of ether oxygens (including phenoxy) is 3. The molecule has 0 unspecified atom stereocenters. The van der Waals surface area contributed by atoms with Gasteiger partial charge in [-0.3, -0.25) is 4.79 Å². The first kappa shape index (κ1) is 16.9. The summed E-state index contributed by atoms with van der Waals surface area (Å²) in [6.07, 6.45) is 1.46. The Hall–Kier alpha value is -2.48. The first-order valence-electron chi connectivity index (χ1n) is 6.47. The van der Waals surface area contributed by atoms with Crippen LogP contribution in [0.4, 0.5) is 0 Å². The number of hydrogen-bond acceptors (Lipinski definition) is 6. The zero-order chi connectivity index (χ0) is 16.8. The quantitative estimate of drug-likeness (QED) is 0.613. The lowest BCUT2D eigenvalue weighted by atomic mass is 10.2. The third-order valence-electron chi connectivity index (χ3n) is 2.86. The van der Waals surface area contributed by atoms with E-state index in [2.05, 4.69) is 26.5 Å². The topological polar surface area (TPSA) is 82.3 Å². The Morgan fingerprint density at radius 3 is 2.30 bits per heavy atom. The molecule has 1 aromatic heterocycles. The predicted molar refractivity (Wildman–Crippen MR) is 87.6 cm³/mol. The Kier molecular flexibility index (Phi) is 5.64. The highest BCUT2D eigenvalue weighted by Crippen LogP contribution is 2.37. The van der Waals surface area contributed by atoms with Crippen molar-refractivity contribution in [2.75, 3.05) is 21.3 Å². The van der Waals surface area contributed by atoms with Gasteiger partial charge in [0, 0.05) is 5.56 Å². The monoisotopic (exact) mass is 382 g/mol. The van der Waals surface area contributed by atoms with E-state index in [4.69, 9.17) is 18.6 Å². The largest absolute Gasteiger partial charge is 0.493 e. The molecule has 0 spiro atoms. The lowest BCUT2D eigenvalue weighted by molar-refractivity contribution is 0.0926. The normalized spacial score (nSPS) is 10.6. The predicted octanol–water partition coefficient (Wildman–Crippen LogP) is 2.83. The van der Waals surface area contributed by atoms with Gasteiger partial charge in [0.05, 0.1) is 27.5 Å². The van der Waals surface area contributed by atoms with Gasteiger partial charge in [-0.05, 0) is 40.2 Å². The number of nitrogens with one attached hydrogen (secondary N) is 1. The van der Waals surface area contributed by atoms with Crippen LogP contribution in [-0.4, -0.2) is 33.5 Å². The fraction of sp³-hybridized carbons (Fsp3) is 0.200. The van der Waals surface area contributed by atoms with E-state index in [1.165, 1.54) is 33.6 Å². The standard InChI is InChI=1S/C15H15BrN2O5/c1-20-11-6-9(7-12(21-2)14(11)22-3)8-17-18-15(19)10-4-5-13(16)23-10/h4-8H,1-3H3,(H,18,19)/b17-8-. The van der Waals surface area contributed by atoms with Gasteiger partial charge in [0.25, 0.3) is 0 Å². The summed E-state index contributed by atoms with van der Waals surface area (Å²) in [4.78, 5) is 11.8. The maximum Gasteiger partial charge on any atom is 0.307 e. The van der Waals surface area contributed by atoms with Crippen LogP contribution in [0.25, 0.3) is 0 Å². The number of nitrogens with zero attached hydrogens (tertiary/aromatic N) is 1. The number of rotatable bonds is 6. The van der Waals surface area contributed by atoms with Crippen molar-refractivity contribution < 1.29 is 23.4 Å². The Morgan fingerprint density at radius 2 is 1.83 bits per heavy atom. The summed E-state index contributed by atoms with van der Waals surface area (Å²) in [5.41, 5.74) is 3.03. The fourth-order valence-corrected chi connectivity index (χ4v) is 2.14. The van der Waals surface area contributed by atoms with Crippen molar-refractivity contribution >= 4 is 28.1 Å². The zero-order valence-corrected chi connectivity index (χ0v) is 14.3. The van der Waals surface area contributed by atoms with Crippen molar-refractivity contribution in [1.82, 2.24) is 5.43 Å². The number of hydrogen-bond donors (Lipinski definition) is 1. The first-order valence-corrected chi connectivity index (χ1v) is 7.27. The van der Waals surface area contributed by atoms with Crippen LogP contribution in [0.5, 0.6) is 17.2 Å². The summed E-state index contributed by atoms with van der Waals surface area (Å²) in [6, 6.07) is 6.58. The number of methoxy groups -OCH3 is 3. The number of furan rings is 1. The molecule has 122 valence electrons. The molecule has 0 fully saturated rings. The minimum Gasteiger partial charge on any atom is -0.493 e. The van der Waals surface area contributed by atoms with Crippen LogP contribution >= 0.6 is 15.9 Å². The molecule has 23 heavy (non-hydrogen) atoms. The highest BCUT2D eigenvalue weighted by Gasteiger charge is 2.13. The van der Waals surface area contributed by atoms with Crippen molar-refractivity contribution in [2.45, 2.75) is 0 Å². The van der Waals surface area contributed by atoms with E-state index in [1.54, 1.807) is 18.2 Å². The second kappa shape index (κ2) is 7.68. The molecule has 7 nitrogen and oxygen atoms in total. The molecule has 1 aromatic carbocycles. The van der Waals surface area contributed by atoms with Crippen LogP contribution in [0, 0.1) is 0 Å². The summed E-state index contributed by atoms with van der Waals surface area (Å²) in [7, 11) is 4.57. The van der Waals surface area contributed by atoms with Crippen molar-refractivity contribution in [1.29, 1.82) is 0 Å². The van der Waals surface area contributed by atoms with E-state index in [1.807, 2.05) is 0 Å². The van der Waals surface area contributed by atoms with Gasteiger partial charge in [0.2, 0.25) is 5.75 Å². The van der Waals surface area contributed by atoms with Gasteiger partial charge in [-0.2, -0.15) is 5.10 Å². The summed E-state index contributed by atoms with van der Waals surface area (Å²) in [6.45, 7) is 0. The number of amides is 1. The maximum atomic E-state index is 11.8. The molecule has 0 saturated heterocycles. The van der Waals surface area contributed by atoms with Crippen molar-refractivity contribution in [3.05, 3.63) is 40.3 Å². The van der Waals surface area contributed by atoms with Gasteiger partial charge in [-0.25, -0.2) is 5.43 Å². The molecular weight excluding hydrogens is 368 g/mol. The SMILES string of the molecule is COc1cc(/C=N\NC(=O)c2ccc(Br)o2)cc(OC)c1OC. The molecule has 1 amide bonds. The molecule has 1 N–H and O–H groups in total. The van der Waals surface area contributed by atoms with Gasteiger partial charge in [0.1, 0.15) is 0 Å². The number of hydrazone groups is 1. The van der Waals surface area contributed by atoms with Gasteiger partial charge >= 0.3 is 5.91 Å². The summed E-state index contributed by atoms with van der Waals surface area (Å²) in [5, 5.41) is 3.88. The molecule has 2 rings (SSSR count). The van der Waals surface area contributed by atoms with E-state index in [9.17, 15) is 4.79 Å². The molecule has 0 aliphatic carbocycles. The van der Waals surface area contributed by atoms with E-state index in [-0.39, 0.29) is 5.76 Å². The summed E-state index contributed by atoms with van der Waals surface area (Å²) < 4.78 is 21.3. The van der Waals surface area contributed by atoms with Gasteiger partial charge in [-0.1, -0.05) is 0 Å². The van der Waals surface area contributed by atoms with Crippen LogP contribution in [0.15, 0.2) is 38.5 Å². The average Bonchev–Trinajstić information content (AvgIpc) is 3.00. The molecular formula is C15H15BrN2O5. The van der Waals surface area contributed by atoms with Crippen LogP contribution in [-0.2, 0) is 0 Å². The van der Waals surface area contributed by atoms with Crippen LogP contribution in [0.2, 0.25) is 0 Å². The van der Waals surface area contributed by atoms with E-state index in [0.717, 1.165) is 0 Å². The molecule has 0 radical (unpaired) electrons. The third-order valence-corrected chi connectivity index (χ3v) is 3.29. The Morgan fingerprint density at radius 1 is 1.17 bits per heavy atom.